The van der Waals surface area contributed by atoms with Crippen molar-refractivity contribution in [2.24, 2.45) is 0 Å². The zero-order valence-corrected chi connectivity index (χ0v) is 14.4. The summed E-state index contributed by atoms with van der Waals surface area (Å²) in [5, 5.41) is 0. The third-order valence-corrected chi connectivity index (χ3v) is 4.03. The van der Waals surface area contributed by atoms with E-state index in [9.17, 15) is 14.4 Å². The third-order valence-electron chi connectivity index (χ3n) is 4.03. The number of benzene rings is 2. The molecule has 6 nitrogen and oxygen atoms in total. The van der Waals surface area contributed by atoms with Gasteiger partial charge in [0.25, 0.3) is 5.91 Å². The number of carbonyl (C=O) groups is 3. The van der Waals surface area contributed by atoms with Gasteiger partial charge in [0.05, 0.1) is 6.42 Å². The molecule has 0 bridgehead atoms. The zero-order valence-electron chi connectivity index (χ0n) is 14.4. The van der Waals surface area contributed by atoms with Crippen LogP contribution in [0.2, 0.25) is 0 Å². The Bertz CT molecular complexity index is 846. The highest BCUT2D eigenvalue weighted by Gasteiger charge is 2.32. The summed E-state index contributed by atoms with van der Waals surface area (Å²) in [5.74, 6) is -0.815. The molecule has 1 heterocycles. The number of imide groups is 1. The van der Waals surface area contributed by atoms with Crippen LogP contribution in [0.1, 0.15) is 21.5 Å². The molecule has 2 aromatic rings. The van der Waals surface area contributed by atoms with Gasteiger partial charge in [0, 0.05) is 5.56 Å². The topological polar surface area (TPSA) is 72.9 Å². The molecule has 0 unspecified atom stereocenters. The lowest BCUT2D eigenvalue weighted by atomic mass is 9.98. The Morgan fingerprint density at radius 3 is 2.69 bits per heavy atom. The molecule has 0 saturated carbocycles. The normalized spacial score (nSPS) is 13.3. The molecule has 0 aliphatic carbocycles. The van der Waals surface area contributed by atoms with E-state index in [0.717, 1.165) is 10.5 Å². The van der Waals surface area contributed by atoms with E-state index in [1.54, 1.807) is 24.3 Å². The number of ether oxygens (including phenoxy) is 2. The van der Waals surface area contributed by atoms with E-state index < -0.39 is 24.3 Å². The van der Waals surface area contributed by atoms with E-state index in [1.165, 1.54) is 0 Å². The fourth-order valence-corrected chi connectivity index (χ4v) is 2.75. The molecule has 0 fully saturated rings. The van der Waals surface area contributed by atoms with Crippen molar-refractivity contribution >= 4 is 17.8 Å². The molecular formula is C20H19NO5. The van der Waals surface area contributed by atoms with Crippen molar-refractivity contribution < 1.29 is 23.9 Å². The Morgan fingerprint density at radius 2 is 1.88 bits per heavy atom. The Kier molecular flexibility index (Phi) is 5.31. The molecule has 0 saturated heterocycles. The van der Waals surface area contributed by atoms with E-state index in [-0.39, 0.29) is 19.6 Å². The van der Waals surface area contributed by atoms with Gasteiger partial charge in [0.1, 0.15) is 25.5 Å². The maximum absolute atomic E-state index is 12.4. The van der Waals surface area contributed by atoms with Crippen LogP contribution in [-0.4, -0.2) is 42.4 Å². The molecule has 1 aliphatic heterocycles. The van der Waals surface area contributed by atoms with Gasteiger partial charge in [-0.2, -0.15) is 0 Å². The van der Waals surface area contributed by atoms with Crippen molar-refractivity contribution in [3.05, 3.63) is 65.2 Å². The molecule has 134 valence electrons. The predicted molar refractivity (Wildman–Crippen MR) is 93.8 cm³/mol. The molecule has 2 amide bonds. The van der Waals surface area contributed by atoms with Crippen LogP contribution in [0.25, 0.3) is 0 Å². The summed E-state index contributed by atoms with van der Waals surface area (Å²) in [4.78, 5) is 37.4. The minimum absolute atomic E-state index is 0.0413. The summed E-state index contributed by atoms with van der Waals surface area (Å²) in [5.41, 5.74) is 2.20. The lowest BCUT2D eigenvalue weighted by Gasteiger charge is -2.25. The summed E-state index contributed by atoms with van der Waals surface area (Å²) in [6, 6.07) is 14.4. The standard InChI is InChI=1S/C20H19NO5/c1-14-5-4-7-16(11-14)25-9-10-26-19(23)13-21-18(22)12-15-6-2-3-8-17(15)20(21)24/h2-8,11H,9-10,12-13H2,1H3. The van der Waals surface area contributed by atoms with E-state index in [1.807, 2.05) is 31.2 Å². The second-order valence-corrected chi connectivity index (χ2v) is 6.00. The highest BCUT2D eigenvalue weighted by atomic mass is 16.6. The number of esters is 1. The van der Waals surface area contributed by atoms with Crippen LogP contribution in [0.4, 0.5) is 0 Å². The maximum atomic E-state index is 12.4. The van der Waals surface area contributed by atoms with Crippen molar-refractivity contribution in [2.75, 3.05) is 19.8 Å². The molecule has 0 atom stereocenters. The van der Waals surface area contributed by atoms with Crippen molar-refractivity contribution in [2.45, 2.75) is 13.3 Å². The number of carbonyl (C=O) groups excluding carboxylic acids is 3. The van der Waals surface area contributed by atoms with Gasteiger partial charge in [-0.05, 0) is 36.2 Å². The molecule has 6 heteroatoms. The average molecular weight is 353 g/mol. The van der Waals surface area contributed by atoms with Crippen LogP contribution < -0.4 is 4.74 Å². The van der Waals surface area contributed by atoms with Crippen LogP contribution in [0.15, 0.2) is 48.5 Å². The molecule has 2 aromatic carbocycles. The Labute approximate surface area is 151 Å². The summed E-state index contributed by atoms with van der Waals surface area (Å²) >= 11 is 0. The van der Waals surface area contributed by atoms with Gasteiger partial charge in [-0.15, -0.1) is 0 Å². The largest absolute Gasteiger partial charge is 0.490 e. The highest BCUT2D eigenvalue weighted by molar-refractivity contribution is 6.11. The fraction of sp³-hybridized carbons (Fsp3) is 0.250. The second kappa shape index (κ2) is 7.82. The zero-order chi connectivity index (χ0) is 18.5. The number of fused-ring (bicyclic) bond motifs is 1. The Morgan fingerprint density at radius 1 is 1.08 bits per heavy atom. The summed E-state index contributed by atoms with van der Waals surface area (Å²) < 4.78 is 10.6. The van der Waals surface area contributed by atoms with Crippen LogP contribution in [0.5, 0.6) is 5.75 Å². The summed E-state index contributed by atoms with van der Waals surface area (Å²) in [6.45, 7) is 1.80. The lowest BCUT2D eigenvalue weighted by Crippen LogP contribution is -2.45. The van der Waals surface area contributed by atoms with Crippen molar-refractivity contribution in [3.8, 4) is 5.75 Å². The number of amides is 2. The summed E-state index contributed by atoms with van der Waals surface area (Å²) in [6.07, 6.45) is 0.103. The Balaban J connectivity index is 1.49. The van der Waals surface area contributed by atoms with Gasteiger partial charge in [-0.1, -0.05) is 30.3 Å². The molecular weight excluding hydrogens is 334 g/mol. The van der Waals surface area contributed by atoms with Gasteiger partial charge in [-0.3, -0.25) is 19.3 Å². The quantitative estimate of drug-likeness (QED) is 0.452. The third kappa shape index (κ3) is 4.08. The van der Waals surface area contributed by atoms with Gasteiger partial charge in [0.15, 0.2) is 0 Å². The van der Waals surface area contributed by atoms with Gasteiger partial charge in [0.2, 0.25) is 5.91 Å². The first kappa shape index (κ1) is 17.7. The van der Waals surface area contributed by atoms with Crippen LogP contribution in [-0.2, 0) is 20.7 Å². The van der Waals surface area contributed by atoms with Gasteiger partial charge in [-0.25, -0.2) is 0 Å². The van der Waals surface area contributed by atoms with Crippen molar-refractivity contribution in [1.82, 2.24) is 4.90 Å². The number of hydrogen-bond donors (Lipinski definition) is 0. The number of hydrogen-bond acceptors (Lipinski definition) is 5. The van der Waals surface area contributed by atoms with Crippen LogP contribution >= 0.6 is 0 Å². The smallest absolute Gasteiger partial charge is 0.326 e. The highest BCUT2D eigenvalue weighted by Crippen LogP contribution is 2.19. The van der Waals surface area contributed by atoms with Crippen LogP contribution in [0, 0.1) is 6.92 Å². The van der Waals surface area contributed by atoms with Crippen molar-refractivity contribution in [3.63, 3.8) is 0 Å². The van der Waals surface area contributed by atoms with Gasteiger partial charge >= 0.3 is 5.97 Å². The monoisotopic (exact) mass is 353 g/mol. The Hall–Kier alpha value is -3.15. The van der Waals surface area contributed by atoms with E-state index in [0.29, 0.717) is 16.9 Å². The molecule has 26 heavy (non-hydrogen) atoms. The molecule has 0 radical (unpaired) electrons. The number of aryl methyl sites for hydroxylation is 1. The van der Waals surface area contributed by atoms with E-state index in [2.05, 4.69) is 0 Å². The average Bonchev–Trinajstić information content (AvgIpc) is 2.62. The first-order valence-electron chi connectivity index (χ1n) is 8.32. The molecule has 3 rings (SSSR count). The fourth-order valence-electron chi connectivity index (χ4n) is 2.75. The minimum atomic E-state index is -0.640. The first-order chi connectivity index (χ1) is 12.5. The number of rotatable bonds is 6. The predicted octanol–water partition coefficient (Wildman–Crippen LogP) is 2.14. The van der Waals surface area contributed by atoms with Gasteiger partial charge < -0.3 is 9.47 Å². The lowest BCUT2D eigenvalue weighted by molar-refractivity contribution is -0.148. The SMILES string of the molecule is Cc1cccc(OCCOC(=O)CN2C(=O)Cc3ccccc3C2=O)c1. The molecule has 1 aliphatic rings. The molecule has 0 spiro atoms. The van der Waals surface area contributed by atoms with E-state index >= 15 is 0 Å². The number of nitrogens with zero attached hydrogens (tertiary/aromatic N) is 1. The maximum Gasteiger partial charge on any atom is 0.326 e. The van der Waals surface area contributed by atoms with Crippen molar-refractivity contribution in [1.29, 1.82) is 0 Å². The first-order valence-corrected chi connectivity index (χ1v) is 8.32. The minimum Gasteiger partial charge on any atom is -0.490 e. The van der Waals surface area contributed by atoms with E-state index in [4.69, 9.17) is 9.47 Å². The molecule has 0 aromatic heterocycles. The molecule has 0 N–H and O–H groups in total. The van der Waals surface area contributed by atoms with Crippen LogP contribution in [0.3, 0.4) is 0 Å². The second-order valence-electron chi connectivity index (χ2n) is 6.00. The summed E-state index contributed by atoms with van der Waals surface area (Å²) in [7, 11) is 0.